The van der Waals surface area contributed by atoms with E-state index in [2.05, 4.69) is 20.2 Å². The number of urea groups is 1. The van der Waals surface area contributed by atoms with Crippen molar-refractivity contribution in [1.82, 2.24) is 20.2 Å². The second-order valence-electron chi connectivity index (χ2n) is 6.37. The number of nitrogens with zero attached hydrogens (tertiary/aromatic N) is 4. The molecule has 0 atom stereocenters. The Morgan fingerprint density at radius 3 is 2.50 bits per heavy atom. The van der Waals surface area contributed by atoms with Gasteiger partial charge in [-0.25, -0.2) is 14.8 Å². The van der Waals surface area contributed by atoms with Crippen molar-refractivity contribution in [3.63, 3.8) is 0 Å². The van der Waals surface area contributed by atoms with E-state index in [1.807, 2.05) is 11.9 Å². The first-order chi connectivity index (χ1) is 11.6. The van der Waals surface area contributed by atoms with Gasteiger partial charge in [0.15, 0.2) is 0 Å². The summed E-state index contributed by atoms with van der Waals surface area (Å²) >= 11 is 5.83. The van der Waals surface area contributed by atoms with Gasteiger partial charge in [-0.3, -0.25) is 0 Å². The van der Waals surface area contributed by atoms with Gasteiger partial charge >= 0.3 is 6.03 Å². The third kappa shape index (κ3) is 4.27. The lowest BCUT2D eigenvalue weighted by Crippen LogP contribution is -2.51. The van der Waals surface area contributed by atoms with Gasteiger partial charge in [0.05, 0.1) is 17.4 Å². The molecule has 2 amide bonds. The molecule has 0 radical (unpaired) electrons. The van der Waals surface area contributed by atoms with Crippen LogP contribution >= 0.6 is 11.6 Å². The van der Waals surface area contributed by atoms with Crippen LogP contribution in [0, 0.1) is 0 Å². The highest BCUT2D eigenvalue weighted by Crippen LogP contribution is 2.20. The van der Waals surface area contributed by atoms with E-state index in [9.17, 15) is 4.79 Å². The van der Waals surface area contributed by atoms with E-state index >= 15 is 0 Å². The van der Waals surface area contributed by atoms with Crippen LogP contribution in [0.15, 0.2) is 12.4 Å². The van der Waals surface area contributed by atoms with Crippen LogP contribution in [0.3, 0.4) is 0 Å². The lowest BCUT2D eigenvalue weighted by Gasteiger charge is -2.37. The molecule has 2 fully saturated rings. The molecule has 0 aromatic carbocycles. The highest BCUT2D eigenvalue weighted by Gasteiger charge is 2.27. The summed E-state index contributed by atoms with van der Waals surface area (Å²) in [4.78, 5) is 24.9. The van der Waals surface area contributed by atoms with E-state index in [-0.39, 0.29) is 12.1 Å². The summed E-state index contributed by atoms with van der Waals surface area (Å²) in [6.07, 6.45) is 6.83. The molecule has 132 valence electrons. The predicted octanol–water partition coefficient (Wildman–Crippen LogP) is 1.92. The third-order valence-electron chi connectivity index (χ3n) is 4.77. The third-order valence-corrected chi connectivity index (χ3v) is 4.97. The van der Waals surface area contributed by atoms with E-state index in [4.69, 9.17) is 16.3 Å². The Bertz CT molecular complexity index is 542. The van der Waals surface area contributed by atoms with Crippen molar-refractivity contribution in [1.29, 1.82) is 0 Å². The van der Waals surface area contributed by atoms with Gasteiger partial charge in [-0.1, -0.05) is 11.6 Å². The number of carbonyl (C=O) groups is 1. The number of ether oxygens (including phenoxy) is 1. The molecule has 7 nitrogen and oxygen atoms in total. The standard InChI is InChI=1S/C16H24ClN5O2/c1-21(15-18-10-12(17)11-19-15)14-2-6-22(7-3-14)16(23)20-13-4-8-24-9-5-13/h10-11,13-14H,2-9H2,1H3,(H,20,23). The fourth-order valence-corrected chi connectivity index (χ4v) is 3.31. The number of carbonyl (C=O) groups excluding carboxylic acids is 1. The lowest BCUT2D eigenvalue weighted by molar-refractivity contribution is 0.0775. The maximum atomic E-state index is 12.4. The topological polar surface area (TPSA) is 70.6 Å². The van der Waals surface area contributed by atoms with Gasteiger partial charge in [-0.2, -0.15) is 0 Å². The number of anilines is 1. The quantitative estimate of drug-likeness (QED) is 0.899. The molecule has 2 aliphatic rings. The summed E-state index contributed by atoms with van der Waals surface area (Å²) in [5, 5.41) is 3.66. The fraction of sp³-hybridized carbons (Fsp3) is 0.688. The van der Waals surface area contributed by atoms with Crippen molar-refractivity contribution in [2.45, 2.75) is 37.8 Å². The number of aromatic nitrogens is 2. The van der Waals surface area contributed by atoms with Crippen LogP contribution in [0.4, 0.5) is 10.7 Å². The molecule has 0 bridgehead atoms. The van der Waals surface area contributed by atoms with Crippen molar-refractivity contribution in [2.75, 3.05) is 38.3 Å². The van der Waals surface area contributed by atoms with Crippen molar-refractivity contribution in [2.24, 2.45) is 0 Å². The Hall–Kier alpha value is -1.60. The number of nitrogens with one attached hydrogen (secondary N) is 1. The summed E-state index contributed by atoms with van der Waals surface area (Å²) in [6.45, 7) is 2.97. The zero-order chi connectivity index (χ0) is 16.9. The average Bonchev–Trinajstić information content (AvgIpc) is 2.63. The second kappa shape index (κ2) is 7.98. The number of rotatable bonds is 3. The molecule has 0 saturated carbocycles. The van der Waals surface area contributed by atoms with Gasteiger partial charge in [0.25, 0.3) is 0 Å². The summed E-state index contributed by atoms with van der Waals surface area (Å²) < 4.78 is 5.33. The van der Waals surface area contributed by atoms with Crippen molar-refractivity contribution < 1.29 is 9.53 Å². The molecule has 1 N–H and O–H groups in total. The van der Waals surface area contributed by atoms with Crippen molar-refractivity contribution >= 4 is 23.6 Å². The van der Waals surface area contributed by atoms with Gasteiger partial charge in [0.2, 0.25) is 5.95 Å². The smallest absolute Gasteiger partial charge is 0.317 e. The normalized spacial score (nSPS) is 20.0. The van der Waals surface area contributed by atoms with E-state index in [0.717, 1.165) is 52.0 Å². The largest absolute Gasteiger partial charge is 0.381 e. The van der Waals surface area contributed by atoms with Gasteiger partial charge in [0.1, 0.15) is 0 Å². The minimum Gasteiger partial charge on any atom is -0.381 e. The summed E-state index contributed by atoms with van der Waals surface area (Å²) in [5.41, 5.74) is 0. The molecule has 8 heteroatoms. The Labute approximate surface area is 147 Å². The summed E-state index contributed by atoms with van der Waals surface area (Å²) in [7, 11) is 1.99. The Morgan fingerprint density at radius 2 is 1.88 bits per heavy atom. The van der Waals surface area contributed by atoms with Crippen LogP contribution in [0.1, 0.15) is 25.7 Å². The maximum Gasteiger partial charge on any atom is 0.317 e. The maximum absolute atomic E-state index is 12.4. The van der Waals surface area contributed by atoms with E-state index in [0.29, 0.717) is 17.0 Å². The molecular formula is C16H24ClN5O2. The monoisotopic (exact) mass is 353 g/mol. The van der Waals surface area contributed by atoms with Crippen molar-refractivity contribution in [3.05, 3.63) is 17.4 Å². The van der Waals surface area contributed by atoms with Crippen LogP contribution < -0.4 is 10.2 Å². The van der Waals surface area contributed by atoms with Gasteiger partial charge < -0.3 is 19.9 Å². The van der Waals surface area contributed by atoms with Crippen LogP contribution in [0.2, 0.25) is 5.02 Å². The average molecular weight is 354 g/mol. The van der Waals surface area contributed by atoms with Gasteiger partial charge in [0, 0.05) is 45.4 Å². The highest BCUT2D eigenvalue weighted by molar-refractivity contribution is 6.30. The zero-order valence-electron chi connectivity index (χ0n) is 13.9. The van der Waals surface area contributed by atoms with Gasteiger partial charge in [-0.05, 0) is 25.7 Å². The summed E-state index contributed by atoms with van der Waals surface area (Å²) in [5.74, 6) is 0.671. The second-order valence-corrected chi connectivity index (χ2v) is 6.80. The minimum absolute atomic E-state index is 0.0470. The first kappa shape index (κ1) is 17.2. The molecule has 3 rings (SSSR count). The number of hydrogen-bond acceptors (Lipinski definition) is 5. The number of likely N-dealkylation sites (tertiary alicyclic amines) is 1. The number of piperidine rings is 1. The first-order valence-corrected chi connectivity index (χ1v) is 8.85. The molecule has 0 spiro atoms. The van der Waals surface area contributed by atoms with Crippen LogP contribution in [-0.4, -0.2) is 66.3 Å². The van der Waals surface area contributed by atoms with Crippen LogP contribution in [0.25, 0.3) is 0 Å². The fourth-order valence-electron chi connectivity index (χ4n) is 3.21. The minimum atomic E-state index is 0.0470. The van der Waals surface area contributed by atoms with Crippen LogP contribution in [0.5, 0.6) is 0 Å². The van der Waals surface area contributed by atoms with Crippen LogP contribution in [-0.2, 0) is 4.74 Å². The molecule has 2 aliphatic heterocycles. The number of halogens is 1. The Morgan fingerprint density at radius 1 is 1.25 bits per heavy atom. The molecule has 1 aromatic heterocycles. The molecule has 0 aliphatic carbocycles. The Kier molecular flexibility index (Phi) is 5.73. The lowest BCUT2D eigenvalue weighted by atomic mass is 10.0. The van der Waals surface area contributed by atoms with E-state index in [1.54, 1.807) is 12.4 Å². The molecule has 24 heavy (non-hydrogen) atoms. The molecule has 2 saturated heterocycles. The SMILES string of the molecule is CN(c1ncc(Cl)cn1)C1CCN(C(=O)NC2CCOCC2)CC1. The molecular weight excluding hydrogens is 330 g/mol. The zero-order valence-corrected chi connectivity index (χ0v) is 14.7. The predicted molar refractivity (Wildman–Crippen MR) is 92.4 cm³/mol. The number of amides is 2. The molecule has 1 aromatic rings. The molecule has 3 heterocycles. The molecule has 0 unspecified atom stereocenters. The Balaban J connectivity index is 1.47. The van der Waals surface area contributed by atoms with Crippen molar-refractivity contribution in [3.8, 4) is 0 Å². The number of hydrogen-bond donors (Lipinski definition) is 1. The highest BCUT2D eigenvalue weighted by atomic mass is 35.5. The van der Waals surface area contributed by atoms with Gasteiger partial charge in [-0.15, -0.1) is 0 Å². The summed E-state index contributed by atoms with van der Waals surface area (Å²) in [6, 6.07) is 0.623. The van der Waals surface area contributed by atoms with E-state index < -0.39 is 0 Å². The van der Waals surface area contributed by atoms with E-state index in [1.165, 1.54) is 0 Å². The first-order valence-electron chi connectivity index (χ1n) is 8.47.